The molecule has 0 spiro atoms. The van der Waals surface area contributed by atoms with Gasteiger partial charge in [0.1, 0.15) is 0 Å². The monoisotopic (exact) mass is 417 g/mol. The number of aromatic nitrogens is 5. The van der Waals surface area contributed by atoms with Crippen LogP contribution >= 0.6 is 0 Å². The molecule has 0 bridgehead atoms. The second-order valence-corrected chi connectivity index (χ2v) is 8.60. The molecule has 0 aliphatic carbocycles. The third kappa shape index (κ3) is 4.34. The van der Waals surface area contributed by atoms with Crippen LogP contribution in [0.5, 0.6) is 0 Å². The van der Waals surface area contributed by atoms with Gasteiger partial charge in [-0.05, 0) is 49.6 Å². The van der Waals surface area contributed by atoms with E-state index in [-0.39, 0.29) is 5.56 Å². The molecule has 0 atom stereocenters. The lowest BCUT2D eigenvalue weighted by atomic mass is 9.96. The van der Waals surface area contributed by atoms with Crippen molar-refractivity contribution >= 4 is 5.82 Å². The van der Waals surface area contributed by atoms with E-state index in [0.29, 0.717) is 18.2 Å². The van der Waals surface area contributed by atoms with Gasteiger partial charge in [-0.25, -0.2) is 4.98 Å². The summed E-state index contributed by atoms with van der Waals surface area (Å²) in [6.07, 6.45) is 8.13. The molecule has 160 valence electrons. The second kappa shape index (κ2) is 8.55. The van der Waals surface area contributed by atoms with E-state index >= 15 is 0 Å². The molecule has 0 unspecified atom stereocenters. The van der Waals surface area contributed by atoms with E-state index in [2.05, 4.69) is 43.1 Å². The molecule has 0 amide bonds. The number of nitrogens with zero attached hydrogens (tertiary/aromatic N) is 7. The molecule has 5 rings (SSSR count). The van der Waals surface area contributed by atoms with E-state index in [9.17, 15) is 4.79 Å². The normalized spacial score (nSPS) is 17.5. The van der Waals surface area contributed by atoms with E-state index in [0.717, 1.165) is 62.5 Å². The Bertz CT molecular complexity index is 1110. The highest BCUT2D eigenvalue weighted by Crippen LogP contribution is 2.25. The van der Waals surface area contributed by atoms with Crippen molar-refractivity contribution in [3.8, 4) is 11.3 Å². The summed E-state index contributed by atoms with van der Waals surface area (Å²) in [4.78, 5) is 25.8. The molecular formula is C23H27N7O. The van der Waals surface area contributed by atoms with Gasteiger partial charge < -0.3 is 9.80 Å². The lowest BCUT2D eigenvalue weighted by molar-refractivity contribution is 0.308. The highest BCUT2D eigenvalue weighted by Gasteiger charge is 2.23. The average Bonchev–Trinajstić information content (AvgIpc) is 2.81. The molecule has 3 aromatic rings. The quantitative estimate of drug-likeness (QED) is 0.642. The summed E-state index contributed by atoms with van der Waals surface area (Å²) in [5.74, 6) is 1.43. The number of anilines is 1. The Morgan fingerprint density at radius 2 is 2.00 bits per heavy atom. The first kappa shape index (κ1) is 19.8. The smallest absolute Gasteiger partial charge is 0.253 e. The predicted octanol–water partition coefficient (Wildman–Crippen LogP) is 2.00. The van der Waals surface area contributed by atoms with E-state index in [1.807, 2.05) is 12.1 Å². The largest absolute Gasteiger partial charge is 0.355 e. The molecule has 8 nitrogen and oxygen atoms in total. The second-order valence-electron chi connectivity index (χ2n) is 8.60. The number of rotatable bonds is 4. The Morgan fingerprint density at radius 1 is 1.13 bits per heavy atom. The Labute approximate surface area is 181 Å². The lowest BCUT2D eigenvalue weighted by Crippen LogP contribution is -2.37. The van der Waals surface area contributed by atoms with Crippen molar-refractivity contribution in [3.05, 3.63) is 64.6 Å². The van der Waals surface area contributed by atoms with Crippen molar-refractivity contribution in [3.63, 3.8) is 0 Å². The van der Waals surface area contributed by atoms with Crippen LogP contribution in [0.4, 0.5) is 5.82 Å². The molecule has 0 radical (unpaired) electrons. The van der Waals surface area contributed by atoms with Gasteiger partial charge in [0.2, 0.25) is 0 Å². The van der Waals surface area contributed by atoms with Gasteiger partial charge in [0.15, 0.2) is 5.82 Å². The van der Waals surface area contributed by atoms with Crippen molar-refractivity contribution in [2.45, 2.75) is 32.4 Å². The minimum absolute atomic E-state index is 0.0130. The topological polar surface area (TPSA) is 80.0 Å². The first-order valence-electron chi connectivity index (χ1n) is 10.9. The highest BCUT2D eigenvalue weighted by molar-refractivity contribution is 5.56. The van der Waals surface area contributed by atoms with Gasteiger partial charge in [-0.2, -0.15) is 5.10 Å². The van der Waals surface area contributed by atoms with Crippen molar-refractivity contribution in [1.82, 2.24) is 29.6 Å². The Kier molecular flexibility index (Phi) is 5.46. The van der Waals surface area contributed by atoms with Crippen molar-refractivity contribution < 1.29 is 0 Å². The highest BCUT2D eigenvalue weighted by atomic mass is 16.1. The fraction of sp³-hybridized carbons (Fsp3) is 0.435. The van der Waals surface area contributed by atoms with Crippen LogP contribution in [-0.4, -0.2) is 56.3 Å². The third-order valence-corrected chi connectivity index (χ3v) is 6.35. The lowest BCUT2D eigenvalue weighted by Gasteiger charge is -2.33. The van der Waals surface area contributed by atoms with Crippen LogP contribution in [0.1, 0.15) is 24.1 Å². The van der Waals surface area contributed by atoms with Gasteiger partial charge in [-0.15, -0.1) is 5.10 Å². The molecule has 8 heteroatoms. The summed E-state index contributed by atoms with van der Waals surface area (Å²) in [5.41, 5.74) is 3.95. The summed E-state index contributed by atoms with van der Waals surface area (Å²) in [7, 11) is 2.15. The first-order chi connectivity index (χ1) is 15.2. The van der Waals surface area contributed by atoms with Crippen molar-refractivity contribution in [2.75, 3.05) is 31.6 Å². The molecule has 0 saturated carbocycles. The maximum absolute atomic E-state index is 12.6. The van der Waals surface area contributed by atoms with Gasteiger partial charge in [0.05, 0.1) is 17.7 Å². The third-order valence-electron chi connectivity index (χ3n) is 6.35. The van der Waals surface area contributed by atoms with E-state index in [1.165, 1.54) is 5.56 Å². The zero-order chi connectivity index (χ0) is 21.2. The van der Waals surface area contributed by atoms with Gasteiger partial charge in [-0.3, -0.25) is 14.3 Å². The number of fused-ring (bicyclic) bond motifs is 1. The molecule has 2 aliphatic heterocycles. The molecule has 31 heavy (non-hydrogen) atoms. The zero-order valence-corrected chi connectivity index (χ0v) is 17.8. The number of hydrogen-bond acceptors (Lipinski definition) is 7. The number of piperidine rings is 1. The van der Waals surface area contributed by atoms with Crippen molar-refractivity contribution in [1.29, 1.82) is 0 Å². The number of pyridine rings is 1. The van der Waals surface area contributed by atoms with Gasteiger partial charge in [-0.1, -0.05) is 0 Å². The van der Waals surface area contributed by atoms with Gasteiger partial charge in [0, 0.05) is 63.2 Å². The SMILES string of the molecule is CN1CCc2nnc(N3CCC(Cn4cnc(-c5cccnc5)cc4=O)CC3)cc2C1. The number of hydrogen-bond donors (Lipinski definition) is 0. The Hall–Kier alpha value is -3.13. The zero-order valence-electron chi connectivity index (χ0n) is 17.8. The molecule has 0 N–H and O–H groups in total. The maximum atomic E-state index is 12.6. The molecular weight excluding hydrogens is 390 g/mol. The van der Waals surface area contributed by atoms with Crippen LogP contribution < -0.4 is 10.5 Å². The van der Waals surface area contributed by atoms with Crippen LogP contribution in [0.3, 0.4) is 0 Å². The van der Waals surface area contributed by atoms with Crippen LogP contribution in [0.15, 0.2) is 47.8 Å². The van der Waals surface area contributed by atoms with Crippen LogP contribution in [0.2, 0.25) is 0 Å². The fourth-order valence-corrected chi connectivity index (χ4v) is 4.47. The first-order valence-corrected chi connectivity index (χ1v) is 10.9. The summed E-state index contributed by atoms with van der Waals surface area (Å²) in [5, 5.41) is 8.97. The maximum Gasteiger partial charge on any atom is 0.253 e. The fourth-order valence-electron chi connectivity index (χ4n) is 4.47. The van der Waals surface area contributed by atoms with Gasteiger partial charge in [0.25, 0.3) is 5.56 Å². The minimum atomic E-state index is -0.0130. The minimum Gasteiger partial charge on any atom is -0.355 e. The molecule has 1 saturated heterocycles. The van der Waals surface area contributed by atoms with Crippen LogP contribution in [-0.2, 0) is 19.5 Å². The van der Waals surface area contributed by atoms with Crippen molar-refractivity contribution in [2.24, 2.45) is 5.92 Å². The predicted molar refractivity (Wildman–Crippen MR) is 119 cm³/mol. The van der Waals surface area contributed by atoms with Gasteiger partial charge >= 0.3 is 0 Å². The summed E-state index contributed by atoms with van der Waals surface area (Å²) < 4.78 is 1.73. The summed E-state index contributed by atoms with van der Waals surface area (Å²) in [6, 6.07) is 7.58. The van der Waals surface area contributed by atoms with Crippen LogP contribution in [0.25, 0.3) is 11.3 Å². The van der Waals surface area contributed by atoms with E-state index < -0.39 is 0 Å². The summed E-state index contributed by atoms with van der Waals surface area (Å²) >= 11 is 0. The molecule has 5 heterocycles. The average molecular weight is 418 g/mol. The Balaban J connectivity index is 1.22. The molecule has 0 aromatic carbocycles. The molecule has 1 fully saturated rings. The Morgan fingerprint density at radius 3 is 2.77 bits per heavy atom. The number of likely N-dealkylation sites (N-methyl/N-ethyl adjacent to an activating group) is 1. The van der Waals surface area contributed by atoms with E-state index in [1.54, 1.807) is 29.4 Å². The summed E-state index contributed by atoms with van der Waals surface area (Å²) in [6.45, 7) is 4.56. The standard InChI is InChI=1S/C23H27N7O/c1-28-8-6-20-19(15-28)11-22(27-26-20)29-9-4-17(5-10-29)14-30-16-25-21(12-23(30)31)18-3-2-7-24-13-18/h2-3,7,11-13,16-17H,4-6,8-10,14-15H2,1H3. The molecule has 3 aromatic heterocycles. The van der Waals surface area contributed by atoms with Crippen LogP contribution in [0, 0.1) is 5.92 Å². The van der Waals surface area contributed by atoms with E-state index in [4.69, 9.17) is 0 Å². The molecule has 2 aliphatic rings.